The first-order chi connectivity index (χ1) is 11.0. The van der Waals surface area contributed by atoms with Gasteiger partial charge in [0.15, 0.2) is 0 Å². The summed E-state index contributed by atoms with van der Waals surface area (Å²) in [6, 6.07) is 4.84. The Labute approximate surface area is 142 Å². The van der Waals surface area contributed by atoms with Crippen LogP contribution < -0.4 is 4.90 Å². The number of benzene rings is 1. The van der Waals surface area contributed by atoms with E-state index in [4.69, 9.17) is 16.9 Å². The Hall–Kier alpha value is -2.06. The molecule has 1 atom stereocenters. The number of amides is 3. The molecular formula is C17H22ClN3O2. The quantitative estimate of drug-likeness (QED) is 0.764. The fourth-order valence-corrected chi connectivity index (χ4v) is 2.78. The molecule has 0 aromatic heterocycles. The predicted octanol–water partition coefficient (Wildman–Crippen LogP) is 4.11. The van der Waals surface area contributed by atoms with Crippen LogP contribution in [0.2, 0.25) is 5.02 Å². The molecule has 1 heterocycles. The van der Waals surface area contributed by atoms with E-state index in [-0.39, 0.29) is 17.1 Å². The van der Waals surface area contributed by atoms with Gasteiger partial charge in [0.05, 0.1) is 16.3 Å². The lowest BCUT2D eigenvalue weighted by molar-refractivity contribution is -0.107. The summed E-state index contributed by atoms with van der Waals surface area (Å²) in [7, 11) is 0. The van der Waals surface area contributed by atoms with Crippen LogP contribution in [0, 0.1) is 18.3 Å². The molecule has 0 aliphatic carbocycles. The van der Waals surface area contributed by atoms with Gasteiger partial charge in [0.1, 0.15) is 6.07 Å². The summed E-state index contributed by atoms with van der Waals surface area (Å²) in [5, 5.41) is 9.22. The highest BCUT2D eigenvalue weighted by Gasteiger charge is 2.30. The molecule has 1 saturated heterocycles. The van der Waals surface area contributed by atoms with Crippen molar-refractivity contribution in [3.63, 3.8) is 0 Å². The normalized spacial score (nSPS) is 16.2. The van der Waals surface area contributed by atoms with E-state index in [2.05, 4.69) is 0 Å². The third-order valence-corrected chi connectivity index (χ3v) is 4.34. The maximum Gasteiger partial charge on any atom is 0.331 e. The number of imide groups is 1. The first-order valence-corrected chi connectivity index (χ1v) is 8.13. The zero-order valence-electron chi connectivity index (χ0n) is 14.0. The van der Waals surface area contributed by atoms with Gasteiger partial charge in [-0.05, 0) is 44.4 Å². The minimum Gasteiger partial charge on any atom is -0.321 e. The minimum atomic E-state index is -0.348. The van der Waals surface area contributed by atoms with E-state index in [0.29, 0.717) is 29.8 Å². The van der Waals surface area contributed by atoms with E-state index in [1.54, 1.807) is 17.9 Å². The van der Waals surface area contributed by atoms with Crippen molar-refractivity contribution in [3.8, 4) is 6.07 Å². The molecule has 1 aromatic rings. The zero-order chi connectivity index (χ0) is 17.6. The van der Waals surface area contributed by atoms with E-state index >= 15 is 0 Å². The Morgan fingerprint density at radius 2 is 2.13 bits per heavy atom. The van der Waals surface area contributed by atoms with Gasteiger partial charge >= 0.3 is 6.03 Å². The molecule has 3 amide bonds. The van der Waals surface area contributed by atoms with Crippen LogP contribution in [0.3, 0.4) is 0 Å². The first-order valence-electron chi connectivity index (χ1n) is 7.75. The summed E-state index contributed by atoms with van der Waals surface area (Å²) in [6.07, 6.45) is 2.37. The van der Waals surface area contributed by atoms with Crippen LogP contribution in [0.1, 0.15) is 44.7 Å². The van der Waals surface area contributed by atoms with E-state index in [1.165, 1.54) is 6.07 Å². The van der Waals surface area contributed by atoms with E-state index in [9.17, 15) is 9.59 Å². The largest absolute Gasteiger partial charge is 0.331 e. The van der Waals surface area contributed by atoms with Crippen molar-refractivity contribution < 1.29 is 9.59 Å². The second kappa shape index (κ2) is 8.54. The molecule has 1 unspecified atom stereocenters. The van der Waals surface area contributed by atoms with Gasteiger partial charge in [0.25, 0.3) is 0 Å². The fourth-order valence-electron chi connectivity index (χ4n) is 2.58. The summed E-state index contributed by atoms with van der Waals surface area (Å²) >= 11 is 6.10. The van der Waals surface area contributed by atoms with Crippen molar-refractivity contribution in [1.82, 2.24) is 4.90 Å². The average molecular weight is 336 g/mol. The standard InChI is InChI=1S/C15H16ClN3O2.C2H6/c1-10-4-3-7-18(10)15(21)19(9-20)13-6-5-12(8-17)14(16)11(13)2;1-2/h5-6,9-10H,3-4,7H2,1-2H3;1-2H3. The highest BCUT2D eigenvalue weighted by atomic mass is 35.5. The molecule has 1 aliphatic heterocycles. The Bertz CT molecular complexity index is 625. The number of likely N-dealkylation sites (tertiary alicyclic amines) is 1. The Morgan fingerprint density at radius 3 is 2.61 bits per heavy atom. The van der Waals surface area contributed by atoms with Crippen molar-refractivity contribution in [2.24, 2.45) is 0 Å². The third kappa shape index (κ3) is 3.83. The van der Waals surface area contributed by atoms with Gasteiger partial charge in [-0.25, -0.2) is 9.69 Å². The molecule has 23 heavy (non-hydrogen) atoms. The first kappa shape index (κ1) is 19.0. The Balaban J connectivity index is 0.00000127. The average Bonchev–Trinajstić information content (AvgIpc) is 3.00. The number of carbonyl (C=O) groups is 2. The summed E-state index contributed by atoms with van der Waals surface area (Å²) < 4.78 is 0. The van der Waals surface area contributed by atoms with Crippen LogP contribution in [0.25, 0.3) is 0 Å². The number of rotatable bonds is 2. The lowest BCUT2D eigenvalue weighted by atomic mass is 10.1. The van der Waals surface area contributed by atoms with E-state index in [1.807, 2.05) is 26.8 Å². The highest BCUT2D eigenvalue weighted by Crippen LogP contribution is 2.30. The Morgan fingerprint density at radius 1 is 1.48 bits per heavy atom. The summed E-state index contributed by atoms with van der Waals surface area (Å²) in [5.41, 5.74) is 1.28. The van der Waals surface area contributed by atoms with Crippen LogP contribution in [0.15, 0.2) is 12.1 Å². The predicted molar refractivity (Wildman–Crippen MR) is 91.6 cm³/mol. The molecule has 1 aliphatic rings. The van der Waals surface area contributed by atoms with Crippen molar-refractivity contribution >= 4 is 29.7 Å². The van der Waals surface area contributed by atoms with Gasteiger partial charge in [0.2, 0.25) is 6.41 Å². The maximum absolute atomic E-state index is 12.5. The number of nitrogens with zero attached hydrogens (tertiary/aromatic N) is 3. The maximum atomic E-state index is 12.5. The van der Waals surface area contributed by atoms with Crippen molar-refractivity contribution in [2.75, 3.05) is 11.4 Å². The van der Waals surface area contributed by atoms with Gasteiger partial charge in [-0.2, -0.15) is 5.26 Å². The molecular weight excluding hydrogens is 314 g/mol. The van der Waals surface area contributed by atoms with Crippen LogP contribution in [0.5, 0.6) is 0 Å². The third-order valence-electron chi connectivity index (χ3n) is 3.85. The summed E-state index contributed by atoms with van der Waals surface area (Å²) in [6.45, 7) is 8.30. The molecule has 0 bridgehead atoms. The lowest BCUT2D eigenvalue weighted by Gasteiger charge is -2.27. The smallest absolute Gasteiger partial charge is 0.321 e. The number of urea groups is 1. The van der Waals surface area contributed by atoms with Crippen LogP contribution in [-0.2, 0) is 4.79 Å². The van der Waals surface area contributed by atoms with Crippen molar-refractivity contribution in [2.45, 2.75) is 46.6 Å². The molecule has 5 nitrogen and oxygen atoms in total. The fraction of sp³-hybridized carbons (Fsp3) is 0.471. The molecule has 1 fully saturated rings. The highest BCUT2D eigenvalue weighted by molar-refractivity contribution is 6.33. The zero-order valence-corrected chi connectivity index (χ0v) is 14.7. The van der Waals surface area contributed by atoms with Crippen molar-refractivity contribution in [1.29, 1.82) is 5.26 Å². The second-order valence-electron chi connectivity index (χ2n) is 5.13. The van der Waals surface area contributed by atoms with Gasteiger partial charge < -0.3 is 4.90 Å². The van der Waals surface area contributed by atoms with Crippen LogP contribution >= 0.6 is 11.6 Å². The molecule has 2 rings (SSSR count). The number of carbonyl (C=O) groups excluding carboxylic acids is 2. The lowest BCUT2D eigenvalue weighted by Crippen LogP contribution is -2.44. The number of anilines is 1. The van der Waals surface area contributed by atoms with E-state index in [0.717, 1.165) is 17.7 Å². The van der Waals surface area contributed by atoms with Gasteiger partial charge in [-0.1, -0.05) is 25.4 Å². The number of nitriles is 1. The van der Waals surface area contributed by atoms with Crippen LogP contribution in [0.4, 0.5) is 10.5 Å². The molecule has 0 radical (unpaired) electrons. The number of halogens is 1. The Kier molecular flexibility index (Phi) is 7.05. The minimum absolute atomic E-state index is 0.120. The number of hydrogen-bond donors (Lipinski definition) is 0. The van der Waals surface area contributed by atoms with Crippen molar-refractivity contribution in [3.05, 3.63) is 28.3 Å². The summed E-state index contributed by atoms with van der Waals surface area (Å²) in [4.78, 5) is 26.7. The molecule has 6 heteroatoms. The molecule has 124 valence electrons. The van der Waals surface area contributed by atoms with Gasteiger partial charge in [-0.15, -0.1) is 0 Å². The second-order valence-corrected chi connectivity index (χ2v) is 5.50. The molecule has 0 N–H and O–H groups in total. The monoisotopic (exact) mass is 335 g/mol. The SMILES string of the molecule is CC.Cc1c(N(C=O)C(=O)N2CCCC2C)ccc(C#N)c1Cl. The number of hydrogen-bond acceptors (Lipinski definition) is 3. The topological polar surface area (TPSA) is 64.4 Å². The molecule has 0 spiro atoms. The van der Waals surface area contributed by atoms with Gasteiger partial charge in [-0.3, -0.25) is 4.79 Å². The molecule has 0 saturated carbocycles. The van der Waals surface area contributed by atoms with Gasteiger partial charge in [0, 0.05) is 12.6 Å². The molecule has 1 aromatic carbocycles. The van der Waals surface area contributed by atoms with Crippen LogP contribution in [-0.4, -0.2) is 29.9 Å². The van der Waals surface area contributed by atoms with E-state index < -0.39 is 0 Å². The summed E-state index contributed by atoms with van der Waals surface area (Å²) in [5.74, 6) is 0.